The third kappa shape index (κ3) is 4.23. The fourth-order valence-electron chi connectivity index (χ4n) is 2.73. The van der Waals surface area contributed by atoms with Gasteiger partial charge in [0.15, 0.2) is 0 Å². The van der Waals surface area contributed by atoms with Gasteiger partial charge in [-0.1, -0.05) is 30.7 Å². The lowest BCUT2D eigenvalue weighted by atomic mass is 10.1. The van der Waals surface area contributed by atoms with Crippen LogP contribution in [0.4, 0.5) is 0 Å². The van der Waals surface area contributed by atoms with Gasteiger partial charge in [0, 0.05) is 11.6 Å². The number of thiophene rings is 1. The lowest BCUT2D eigenvalue weighted by Crippen LogP contribution is -2.28. The van der Waals surface area contributed by atoms with E-state index in [4.69, 9.17) is 11.6 Å². The van der Waals surface area contributed by atoms with Crippen LogP contribution in [0, 0.1) is 0 Å². The van der Waals surface area contributed by atoms with Crippen LogP contribution in [-0.2, 0) is 13.0 Å². The van der Waals surface area contributed by atoms with E-state index in [-0.39, 0.29) is 5.56 Å². The number of rotatable bonds is 7. The molecule has 2 aromatic heterocycles. The van der Waals surface area contributed by atoms with Gasteiger partial charge in [0.2, 0.25) is 0 Å². The maximum Gasteiger partial charge on any atom is 0.268 e. The summed E-state index contributed by atoms with van der Waals surface area (Å²) in [5.41, 5.74) is 2.00. The first kappa shape index (κ1) is 17.1. The Morgan fingerprint density at radius 2 is 2.00 bits per heavy atom. The van der Waals surface area contributed by atoms with Crippen LogP contribution in [0.15, 0.2) is 40.5 Å². The van der Waals surface area contributed by atoms with Crippen molar-refractivity contribution in [1.29, 1.82) is 0 Å². The molecule has 6 heteroatoms. The summed E-state index contributed by atoms with van der Waals surface area (Å²) in [5, 5.41) is 2.66. The van der Waals surface area contributed by atoms with E-state index in [1.807, 2.05) is 23.6 Å². The average molecular weight is 362 g/mol. The predicted octanol–water partition coefficient (Wildman–Crippen LogP) is 4.09. The second-order valence-electron chi connectivity index (χ2n) is 5.80. The molecular formula is C18H20ClN3OS. The van der Waals surface area contributed by atoms with E-state index in [0.29, 0.717) is 11.2 Å². The molecule has 0 unspecified atom stereocenters. The maximum atomic E-state index is 12.1. The first-order valence-corrected chi connectivity index (χ1v) is 9.34. The minimum atomic E-state index is -0.0425. The maximum absolute atomic E-state index is 12.1. The van der Waals surface area contributed by atoms with Crippen molar-refractivity contribution in [1.82, 2.24) is 14.9 Å². The average Bonchev–Trinajstić information content (AvgIpc) is 3.03. The fourth-order valence-corrected chi connectivity index (χ4v) is 3.58. The molecule has 24 heavy (non-hydrogen) atoms. The summed E-state index contributed by atoms with van der Waals surface area (Å²) in [5.74, 6) is 0.732. The molecule has 0 bridgehead atoms. The Morgan fingerprint density at radius 1 is 1.21 bits per heavy atom. The number of aromatic nitrogens is 2. The zero-order valence-corrected chi connectivity index (χ0v) is 15.2. The molecule has 3 rings (SSSR count). The normalized spacial score (nSPS) is 11.5. The largest absolute Gasteiger partial charge is 0.308 e. The smallest absolute Gasteiger partial charge is 0.268 e. The summed E-state index contributed by atoms with van der Waals surface area (Å²) in [7, 11) is 0. The standard InChI is InChI=1S/C18H20ClN3OS/c1-2-9-22(10-7-13-3-5-14(19)6-4-13)12-16-20-15-8-11-24-17(15)18(23)21-16/h3-6,8,11H,2,7,9-10,12H2,1H3,(H,20,21,23). The van der Waals surface area contributed by atoms with Crippen LogP contribution in [0.1, 0.15) is 24.7 Å². The van der Waals surface area contributed by atoms with E-state index in [1.54, 1.807) is 0 Å². The third-order valence-electron chi connectivity index (χ3n) is 3.91. The SMILES string of the molecule is CCCN(CCc1ccc(Cl)cc1)Cc1nc2ccsc2c(=O)[nH]1. The highest BCUT2D eigenvalue weighted by atomic mass is 35.5. The van der Waals surface area contributed by atoms with Crippen molar-refractivity contribution in [2.75, 3.05) is 13.1 Å². The van der Waals surface area contributed by atoms with Crippen LogP contribution in [0.2, 0.25) is 5.02 Å². The van der Waals surface area contributed by atoms with Crippen LogP contribution in [0.3, 0.4) is 0 Å². The monoisotopic (exact) mass is 361 g/mol. The molecule has 0 aliphatic heterocycles. The van der Waals surface area contributed by atoms with E-state index >= 15 is 0 Å². The first-order valence-electron chi connectivity index (χ1n) is 8.09. The van der Waals surface area contributed by atoms with Crippen molar-refractivity contribution in [3.63, 3.8) is 0 Å². The number of hydrogen-bond donors (Lipinski definition) is 1. The van der Waals surface area contributed by atoms with Gasteiger partial charge in [0.05, 0.1) is 12.1 Å². The van der Waals surface area contributed by atoms with Crippen molar-refractivity contribution < 1.29 is 0 Å². The van der Waals surface area contributed by atoms with Gasteiger partial charge in [-0.05, 0) is 48.5 Å². The minimum absolute atomic E-state index is 0.0425. The molecule has 1 N–H and O–H groups in total. The Morgan fingerprint density at radius 3 is 2.75 bits per heavy atom. The Labute approximate surface area is 150 Å². The van der Waals surface area contributed by atoms with Crippen molar-refractivity contribution in [3.05, 3.63) is 62.5 Å². The van der Waals surface area contributed by atoms with Crippen molar-refractivity contribution in [2.45, 2.75) is 26.3 Å². The van der Waals surface area contributed by atoms with Crippen LogP contribution in [0.25, 0.3) is 10.2 Å². The van der Waals surface area contributed by atoms with Gasteiger partial charge in [0.1, 0.15) is 10.5 Å². The number of benzene rings is 1. The predicted molar refractivity (Wildman–Crippen MR) is 101 cm³/mol. The van der Waals surface area contributed by atoms with Gasteiger partial charge in [-0.15, -0.1) is 11.3 Å². The Bertz CT molecular complexity index is 857. The molecular weight excluding hydrogens is 342 g/mol. The summed E-state index contributed by atoms with van der Waals surface area (Å²) in [4.78, 5) is 21.9. The van der Waals surface area contributed by atoms with Crippen LogP contribution >= 0.6 is 22.9 Å². The Balaban J connectivity index is 1.70. The highest BCUT2D eigenvalue weighted by Crippen LogP contribution is 2.15. The molecule has 4 nitrogen and oxygen atoms in total. The van der Waals surface area contributed by atoms with Crippen molar-refractivity contribution in [3.8, 4) is 0 Å². The molecule has 0 saturated carbocycles. The molecule has 126 valence electrons. The minimum Gasteiger partial charge on any atom is -0.308 e. The summed E-state index contributed by atoms with van der Waals surface area (Å²) in [6.45, 7) is 4.70. The number of nitrogens with zero attached hydrogens (tertiary/aromatic N) is 2. The highest BCUT2D eigenvalue weighted by molar-refractivity contribution is 7.17. The first-order chi connectivity index (χ1) is 11.7. The lowest BCUT2D eigenvalue weighted by Gasteiger charge is -2.21. The molecule has 0 aliphatic carbocycles. The second-order valence-corrected chi connectivity index (χ2v) is 7.15. The summed E-state index contributed by atoms with van der Waals surface area (Å²) in [6, 6.07) is 9.86. The third-order valence-corrected chi connectivity index (χ3v) is 5.06. The van der Waals surface area contributed by atoms with E-state index in [0.717, 1.165) is 42.3 Å². The van der Waals surface area contributed by atoms with Crippen LogP contribution < -0.4 is 5.56 Å². The molecule has 2 heterocycles. The van der Waals surface area contributed by atoms with Crippen molar-refractivity contribution >= 4 is 33.2 Å². The Hall–Kier alpha value is -1.69. The molecule has 1 aromatic carbocycles. The molecule has 0 atom stereocenters. The van der Waals surface area contributed by atoms with Gasteiger partial charge < -0.3 is 4.98 Å². The number of halogens is 1. The van der Waals surface area contributed by atoms with E-state index in [9.17, 15) is 4.79 Å². The van der Waals surface area contributed by atoms with Gasteiger partial charge in [-0.3, -0.25) is 9.69 Å². The number of fused-ring (bicyclic) bond motifs is 1. The molecule has 0 radical (unpaired) electrons. The zero-order valence-electron chi connectivity index (χ0n) is 13.6. The van der Waals surface area contributed by atoms with Gasteiger partial charge in [0.25, 0.3) is 5.56 Å². The topological polar surface area (TPSA) is 49.0 Å². The number of aromatic amines is 1. The molecule has 0 aliphatic rings. The highest BCUT2D eigenvalue weighted by Gasteiger charge is 2.10. The summed E-state index contributed by atoms with van der Waals surface area (Å²) < 4.78 is 0.696. The van der Waals surface area contributed by atoms with Gasteiger partial charge in [-0.2, -0.15) is 0 Å². The molecule has 0 saturated heterocycles. The molecule has 0 amide bonds. The molecule has 0 fully saturated rings. The quantitative estimate of drug-likeness (QED) is 0.689. The van der Waals surface area contributed by atoms with Gasteiger partial charge >= 0.3 is 0 Å². The van der Waals surface area contributed by atoms with Crippen LogP contribution in [-0.4, -0.2) is 28.0 Å². The lowest BCUT2D eigenvalue weighted by molar-refractivity contribution is 0.263. The fraction of sp³-hybridized carbons (Fsp3) is 0.333. The summed E-state index contributed by atoms with van der Waals surface area (Å²) >= 11 is 7.36. The van der Waals surface area contributed by atoms with E-state index in [1.165, 1.54) is 16.9 Å². The van der Waals surface area contributed by atoms with Gasteiger partial charge in [-0.25, -0.2) is 4.98 Å². The van der Waals surface area contributed by atoms with Crippen LogP contribution in [0.5, 0.6) is 0 Å². The number of nitrogens with one attached hydrogen (secondary N) is 1. The number of hydrogen-bond acceptors (Lipinski definition) is 4. The van der Waals surface area contributed by atoms with Crippen molar-refractivity contribution in [2.24, 2.45) is 0 Å². The molecule has 3 aromatic rings. The second kappa shape index (κ2) is 7.92. The summed E-state index contributed by atoms with van der Waals surface area (Å²) in [6.07, 6.45) is 2.01. The van der Waals surface area contributed by atoms with E-state index in [2.05, 4.69) is 33.9 Å². The number of H-pyrrole nitrogens is 1. The van der Waals surface area contributed by atoms with E-state index < -0.39 is 0 Å². The Kier molecular flexibility index (Phi) is 5.66. The molecule has 0 spiro atoms. The zero-order chi connectivity index (χ0) is 16.9.